The molecule has 1 aromatic heterocycles. The molecular weight excluding hydrogens is 296 g/mol. The van der Waals surface area contributed by atoms with Gasteiger partial charge in [-0.3, -0.25) is 20.2 Å². The van der Waals surface area contributed by atoms with Crippen molar-refractivity contribution in [1.82, 2.24) is 9.55 Å². The van der Waals surface area contributed by atoms with E-state index in [1.807, 2.05) is 35.8 Å². The largest absolute Gasteiger partial charge is 0.310 e. The molecule has 2 aromatic carbocycles. The van der Waals surface area contributed by atoms with Crippen molar-refractivity contribution in [2.45, 2.75) is 13.5 Å². The summed E-state index contributed by atoms with van der Waals surface area (Å²) in [7, 11) is 0. The number of aromatic nitrogens is 2. The molecule has 1 N–H and O–H groups in total. The topological polar surface area (TPSA) is 90.1 Å². The van der Waals surface area contributed by atoms with Crippen LogP contribution in [-0.2, 0) is 6.54 Å². The number of imidazole rings is 1. The number of nitro groups is 1. The third-order valence-electron chi connectivity index (χ3n) is 3.54. The Labute approximate surface area is 131 Å². The van der Waals surface area contributed by atoms with Gasteiger partial charge in [-0.05, 0) is 31.2 Å². The molecule has 7 heteroatoms. The fourth-order valence-corrected chi connectivity index (χ4v) is 2.40. The molecule has 0 saturated carbocycles. The van der Waals surface area contributed by atoms with E-state index < -0.39 is 4.92 Å². The van der Waals surface area contributed by atoms with E-state index in [0.717, 1.165) is 11.0 Å². The second kappa shape index (κ2) is 5.88. The highest BCUT2D eigenvalue weighted by Crippen LogP contribution is 2.20. The first-order chi connectivity index (χ1) is 11.1. The molecule has 3 rings (SSSR count). The van der Waals surface area contributed by atoms with Crippen LogP contribution in [0.4, 0.5) is 11.6 Å². The minimum absolute atomic E-state index is 0.0534. The number of non-ortho nitro benzene ring substituents is 1. The van der Waals surface area contributed by atoms with Crippen molar-refractivity contribution in [3.05, 3.63) is 64.2 Å². The number of rotatable bonds is 4. The fraction of sp³-hybridized carbons (Fsp3) is 0.125. The standard InChI is InChI=1S/C16H14N4O3/c1-2-19-14-6-4-3-5-13(14)17-16(19)18-15(21)11-7-9-12(10-8-11)20(22)23/h3-10H,2H2,1H3,(H,17,18,21). The number of amides is 1. The number of carbonyl (C=O) groups excluding carboxylic acids is 1. The molecule has 0 spiro atoms. The van der Waals surface area contributed by atoms with Crippen LogP contribution in [0, 0.1) is 10.1 Å². The number of nitrogens with zero attached hydrogens (tertiary/aromatic N) is 3. The van der Waals surface area contributed by atoms with E-state index in [4.69, 9.17) is 0 Å². The summed E-state index contributed by atoms with van der Waals surface area (Å²) in [5.74, 6) is 0.0990. The van der Waals surface area contributed by atoms with Crippen molar-refractivity contribution < 1.29 is 9.72 Å². The van der Waals surface area contributed by atoms with Gasteiger partial charge in [0.2, 0.25) is 5.95 Å². The van der Waals surface area contributed by atoms with Crippen molar-refractivity contribution in [1.29, 1.82) is 0 Å². The smallest absolute Gasteiger partial charge is 0.269 e. The summed E-state index contributed by atoms with van der Waals surface area (Å²) in [5, 5.41) is 13.4. The first-order valence-electron chi connectivity index (χ1n) is 7.11. The lowest BCUT2D eigenvalue weighted by Crippen LogP contribution is -2.15. The van der Waals surface area contributed by atoms with E-state index in [2.05, 4.69) is 10.3 Å². The Kier molecular flexibility index (Phi) is 3.76. The highest BCUT2D eigenvalue weighted by molar-refractivity contribution is 6.04. The second-order valence-electron chi connectivity index (χ2n) is 4.93. The van der Waals surface area contributed by atoms with Gasteiger partial charge in [-0.2, -0.15) is 0 Å². The van der Waals surface area contributed by atoms with E-state index in [1.165, 1.54) is 24.3 Å². The predicted molar refractivity (Wildman–Crippen MR) is 86.5 cm³/mol. The molecule has 0 unspecified atom stereocenters. The van der Waals surface area contributed by atoms with Gasteiger partial charge in [-0.15, -0.1) is 0 Å². The molecule has 0 saturated heterocycles. The van der Waals surface area contributed by atoms with Gasteiger partial charge in [-0.25, -0.2) is 4.98 Å². The molecule has 0 bridgehead atoms. The SMILES string of the molecule is CCn1c(NC(=O)c2ccc([N+](=O)[O-])cc2)nc2ccccc21. The fourth-order valence-electron chi connectivity index (χ4n) is 2.40. The molecule has 7 nitrogen and oxygen atoms in total. The maximum absolute atomic E-state index is 12.3. The molecule has 1 heterocycles. The normalized spacial score (nSPS) is 10.7. The van der Waals surface area contributed by atoms with E-state index in [9.17, 15) is 14.9 Å². The molecular formula is C16H14N4O3. The molecule has 0 aliphatic carbocycles. The van der Waals surface area contributed by atoms with E-state index in [1.54, 1.807) is 0 Å². The first kappa shape index (κ1) is 14.7. The number of anilines is 1. The van der Waals surface area contributed by atoms with Crippen molar-refractivity contribution in [2.24, 2.45) is 0 Å². The van der Waals surface area contributed by atoms with Gasteiger partial charge >= 0.3 is 0 Å². The Bertz CT molecular complexity index is 884. The minimum atomic E-state index is -0.502. The summed E-state index contributed by atoms with van der Waals surface area (Å²) in [6.45, 7) is 2.63. The number of carbonyl (C=O) groups is 1. The monoisotopic (exact) mass is 310 g/mol. The van der Waals surface area contributed by atoms with Crippen LogP contribution in [0.25, 0.3) is 11.0 Å². The number of benzene rings is 2. The number of aryl methyl sites for hydroxylation is 1. The van der Waals surface area contributed by atoms with Gasteiger partial charge in [0.25, 0.3) is 11.6 Å². The second-order valence-corrected chi connectivity index (χ2v) is 4.93. The lowest BCUT2D eigenvalue weighted by molar-refractivity contribution is -0.384. The van der Waals surface area contributed by atoms with Crippen LogP contribution in [0.5, 0.6) is 0 Å². The van der Waals surface area contributed by atoms with Crippen LogP contribution in [0.3, 0.4) is 0 Å². The number of fused-ring (bicyclic) bond motifs is 1. The molecule has 0 aliphatic rings. The number of nitrogens with one attached hydrogen (secondary N) is 1. The maximum atomic E-state index is 12.3. The lowest BCUT2D eigenvalue weighted by Gasteiger charge is -2.07. The van der Waals surface area contributed by atoms with Crippen LogP contribution < -0.4 is 5.32 Å². The van der Waals surface area contributed by atoms with Gasteiger partial charge in [0.05, 0.1) is 16.0 Å². The summed E-state index contributed by atoms with van der Waals surface area (Å²) in [6.07, 6.45) is 0. The summed E-state index contributed by atoms with van der Waals surface area (Å²) in [6, 6.07) is 13.1. The Hall–Kier alpha value is -3.22. The molecule has 3 aromatic rings. The zero-order valence-corrected chi connectivity index (χ0v) is 12.4. The average molecular weight is 310 g/mol. The summed E-state index contributed by atoms with van der Waals surface area (Å²) >= 11 is 0. The third kappa shape index (κ3) is 2.76. The Morgan fingerprint density at radius 2 is 1.91 bits per heavy atom. The van der Waals surface area contributed by atoms with Crippen molar-refractivity contribution in [2.75, 3.05) is 5.32 Å². The minimum Gasteiger partial charge on any atom is -0.310 e. The molecule has 23 heavy (non-hydrogen) atoms. The Morgan fingerprint density at radius 3 is 2.57 bits per heavy atom. The number of hydrogen-bond acceptors (Lipinski definition) is 4. The average Bonchev–Trinajstić information content (AvgIpc) is 2.91. The zero-order chi connectivity index (χ0) is 16.4. The quantitative estimate of drug-likeness (QED) is 0.591. The van der Waals surface area contributed by atoms with Gasteiger partial charge < -0.3 is 4.57 Å². The summed E-state index contributed by atoms with van der Waals surface area (Å²) in [4.78, 5) is 26.9. The molecule has 0 fully saturated rings. The summed E-state index contributed by atoms with van der Waals surface area (Å²) < 4.78 is 1.90. The van der Waals surface area contributed by atoms with Crippen LogP contribution in [0.1, 0.15) is 17.3 Å². The first-order valence-corrected chi connectivity index (χ1v) is 7.11. The molecule has 116 valence electrons. The highest BCUT2D eigenvalue weighted by Gasteiger charge is 2.14. The zero-order valence-electron chi connectivity index (χ0n) is 12.4. The molecule has 0 aliphatic heterocycles. The third-order valence-corrected chi connectivity index (χ3v) is 3.54. The highest BCUT2D eigenvalue weighted by atomic mass is 16.6. The number of nitro benzene ring substituents is 1. The van der Waals surface area contributed by atoms with Crippen molar-refractivity contribution in [3.8, 4) is 0 Å². The Balaban J connectivity index is 1.89. The van der Waals surface area contributed by atoms with E-state index >= 15 is 0 Å². The lowest BCUT2D eigenvalue weighted by atomic mass is 10.2. The number of para-hydroxylation sites is 2. The van der Waals surface area contributed by atoms with Crippen LogP contribution in [-0.4, -0.2) is 20.4 Å². The van der Waals surface area contributed by atoms with Crippen LogP contribution >= 0.6 is 0 Å². The molecule has 0 radical (unpaired) electrons. The van der Waals surface area contributed by atoms with Gasteiger partial charge in [-0.1, -0.05) is 12.1 Å². The summed E-state index contributed by atoms with van der Waals surface area (Å²) in [5.41, 5.74) is 2.02. The Morgan fingerprint density at radius 1 is 1.22 bits per heavy atom. The molecule has 0 atom stereocenters. The van der Waals surface area contributed by atoms with Gasteiger partial charge in [0.15, 0.2) is 0 Å². The maximum Gasteiger partial charge on any atom is 0.269 e. The van der Waals surface area contributed by atoms with E-state index in [0.29, 0.717) is 18.1 Å². The van der Waals surface area contributed by atoms with Gasteiger partial charge in [0.1, 0.15) is 0 Å². The van der Waals surface area contributed by atoms with Crippen molar-refractivity contribution in [3.63, 3.8) is 0 Å². The van der Waals surface area contributed by atoms with E-state index in [-0.39, 0.29) is 11.6 Å². The predicted octanol–water partition coefficient (Wildman–Crippen LogP) is 3.22. The van der Waals surface area contributed by atoms with Crippen LogP contribution in [0.15, 0.2) is 48.5 Å². The van der Waals surface area contributed by atoms with Crippen molar-refractivity contribution >= 4 is 28.6 Å². The van der Waals surface area contributed by atoms with Gasteiger partial charge in [0, 0.05) is 24.2 Å². The van der Waals surface area contributed by atoms with Crippen LogP contribution in [0.2, 0.25) is 0 Å². The number of hydrogen-bond donors (Lipinski definition) is 1. The molecule has 1 amide bonds.